The molecule has 1 aromatic rings. The Morgan fingerprint density at radius 2 is 1.85 bits per heavy atom. The first kappa shape index (κ1) is 35.4. The number of benzene rings is 1. The number of carbonyl (C=O) groups is 5. The monoisotopic (exact) mass is 657 g/mol. The highest BCUT2D eigenvalue weighted by molar-refractivity contribution is 6.38. The number of carbonyl (C=O) groups excluding carboxylic acids is 5. The van der Waals surface area contributed by atoms with Crippen LogP contribution in [0.5, 0.6) is 0 Å². The summed E-state index contributed by atoms with van der Waals surface area (Å²) in [5.74, 6) is -2.07. The summed E-state index contributed by atoms with van der Waals surface area (Å²) in [6, 6.07) is 4.21. The van der Waals surface area contributed by atoms with E-state index in [2.05, 4.69) is 35.0 Å². The van der Waals surface area contributed by atoms with E-state index >= 15 is 0 Å². The fraction of sp³-hybridized carbons (Fsp3) is 0.647. The molecule has 2 heterocycles. The van der Waals surface area contributed by atoms with Gasteiger partial charge in [0, 0.05) is 36.4 Å². The van der Waals surface area contributed by atoms with E-state index < -0.39 is 52.6 Å². The van der Waals surface area contributed by atoms with Crippen LogP contribution in [0.3, 0.4) is 0 Å². The first-order chi connectivity index (χ1) is 21.6. The molecule has 252 valence electrons. The van der Waals surface area contributed by atoms with Crippen LogP contribution in [-0.2, 0) is 28.8 Å². The Morgan fingerprint density at radius 3 is 2.46 bits per heavy atom. The van der Waals surface area contributed by atoms with Crippen LogP contribution < -0.4 is 16.0 Å². The second-order valence-corrected chi connectivity index (χ2v) is 15.0. The minimum absolute atomic E-state index is 0.0428. The molecule has 3 N–H and O–H groups in total. The van der Waals surface area contributed by atoms with Crippen molar-refractivity contribution in [1.29, 1.82) is 0 Å². The second kappa shape index (κ2) is 14.1. The third kappa shape index (κ3) is 8.08. The Balaban J connectivity index is 1.61. The number of hydrogen-bond acceptors (Lipinski definition) is 7. The molecule has 0 aromatic heterocycles. The number of likely N-dealkylation sites (N-methyl/N-ethyl adjacent to an activating group) is 1. The number of nitrogens with one attached hydrogen (secondary N) is 3. The maximum atomic E-state index is 14.5. The maximum Gasteiger partial charge on any atom is 0.289 e. The number of likely N-dealkylation sites (tertiary alicyclic amines) is 1. The molecule has 1 aromatic carbocycles. The van der Waals surface area contributed by atoms with E-state index in [9.17, 15) is 24.0 Å². The zero-order chi connectivity index (χ0) is 34.0. The Morgan fingerprint density at radius 1 is 1.13 bits per heavy atom. The molecule has 1 aliphatic carbocycles. The zero-order valence-corrected chi connectivity index (χ0v) is 28.7. The summed E-state index contributed by atoms with van der Waals surface area (Å²) in [4.78, 5) is 74.3. The largest absolute Gasteiger partial charge is 0.387 e. The number of Topliss-reactive ketones (excluding diaryl/α,β-unsaturated/α-hetero) is 1. The van der Waals surface area contributed by atoms with Crippen molar-refractivity contribution in [3.63, 3.8) is 0 Å². The SMILES string of the molecule is CCC[C@H](NC(=O)[C@@H]1C[C@]2(CC(c3cccc(Cl)c3)=NO2)CN1C(=O)[C@@H](NC(=O)[C@@H]1C[C@H]1CC(C)C)C(C)(C)C)C(=O)C(=O)NC. The van der Waals surface area contributed by atoms with Gasteiger partial charge < -0.3 is 25.7 Å². The molecule has 0 bridgehead atoms. The molecule has 3 aliphatic rings. The van der Waals surface area contributed by atoms with E-state index in [-0.39, 0.29) is 31.2 Å². The van der Waals surface area contributed by atoms with E-state index in [1.165, 1.54) is 11.9 Å². The van der Waals surface area contributed by atoms with Gasteiger partial charge in [0.1, 0.15) is 12.1 Å². The Kier molecular flexibility index (Phi) is 10.9. The van der Waals surface area contributed by atoms with Crippen LogP contribution in [0, 0.1) is 23.2 Å². The molecule has 11 nitrogen and oxygen atoms in total. The summed E-state index contributed by atoms with van der Waals surface area (Å²) in [6.45, 7) is 11.8. The highest BCUT2D eigenvalue weighted by Crippen LogP contribution is 2.44. The molecule has 0 unspecified atom stereocenters. The number of oxime groups is 1. The van der Waals surface area contributed by atoms with Gasteiger partial charge in [-0.2, -0.15) is 0 Å². The van der Waals surface area contributed by atoms with Crippen LogP contribution in [0.4, 0.5) is 0 Å². The first-order valence-corrected chi connectivity index (χ1v) is 16.6. The summed E-state index contributed by atoms with van der Waals surface area (Å²) in [6.07, 6.45) is 2.96. The highest BCUT2D eigenvalue weighted by atomic mass is 35.5. The Hall–Kier alpha value is -3.47. The van der Waals surface area contributed by atoms with Crippen molar-refractivity contribution in [3.05, 3.63) is 34.9 Å². The number of hydrogen-bond donors (Lipinski definition) is 3. The lowest BCUT2D eigenvalue weighted by Gasteiger charge is -2.35. The second-order valence-electron chi connectivity index (χ2n) is 14.5. The number of halogens is 1. The molecule has 4 rings (SSSR count). The van der Waals surface area contributed by atoms with Gasteiger partial charge in [0.15, 0.2) is 5.60 Å². The number of nitrogens with zero attached hydrogens (tertiary/aromatic N) is 2. The molecule has 1 saturated heterocycles. The average Bonchev–Trinajstić information content (AvgIpc) is 3.46. The van der Waals surface area contributed by atoms with Crippen LogP contribution in [-0.4, -0.2) is 77.3 Å². The predicted octanol–water partition coefficient (Wildman–Crippen LogP) is 3.62. The standard InChI is InChI=1S/C34H48ClN5O6/c1-8-10-24(27(41)31(44)36-7)37-30(43)26-17-34(16-25(39-46-34)20-11-9-12-22(35)14-20)18-40(26)32(45)28(33(4,5)6)38-29(42)23-15-21(23)13-19(2)3/h9,11-12,14,19,21,23-24,26,28H,8,10,13,15-18H2,1-7H3,(H,36,44)(H,37,43)(H,38,42)/t21-,23-,24+,26+,28-,34-/m1/s1. The summed E-state index contributed by atoms with van der Waals surface area (Å²) < 4.78 is 0. The normalized spacial score (nSPS) is 25.0. The highest BCUT2D eigenvalue weighted by Gasteiger charge is 2.56. The minimum Gasteiger partial charge on any atom is -0.387 e. The number of ketones is 1. The topological polar surface area (TPSA) is 146 Å². The van der Waals surface area contributed by atoms with Crippen LogP contribution in [0.1, 0.15) is 85.6 Å². The van der Waals surface area contributed by atoms with Crippen molar-refractivity contribution in [2.45, 2.75) is 104 Å². The van der Waals surface area contributed by atoms with Crippen molar-refractivity contribution in [3.8, 4) is 0 Å². The van der Waals surface area contributed by atoms with E-state index in [1.807, 2.05) is 39.8 Å². The van der Waals surface area contributed by atoms with Gasteiger partial charge in [0.05, 0.1) is 18.3 Å². The molecule has 0 radical (unpaired) electrons. The summed E-state index contributed by atoms with van der Waals surface area (Å²) >= 11 is 6.22. The molecular formula is C34H48ClN5O6. The number of amides is 4. The van der Waals surface area contributed by atoms with Gasteiger partial charge in [-0.1, -0.05) is 76.9 Å². The fourth-order valence-electron chi connectivity index (χ4n) is 6.56. The third-order valence-electron chi connectivity index (χ3n) is 9.08. The Bertz CT molecular complexity index is 1390. The Labute approximate surface area is 276 Å². The van der Waals surface area contributed by atoms with Gasteiger partial charge in [-0.25, -0.2) is 0 Å². The molecule has 2 aliphatic heterocycles. The van der Waals surface area contributed by atoms with E-state index in [1.54, 1.807) is 12.1 Å². The lowest BCUT2D eigenvalue weighted by atomic mass is 9.85. The minimum atomic E-state index is -1.06. The average molecular weight is 658 g/mol. The molecule has 46 heavy (non-hydrogen) atoms. The predicted molar refractivity (Wildman–Crippen MR) is 175 cm³/mol. The molecular weight excluding hydrogens is 610 g/mol. The molecule has 1 spiro atoms. The number of rotatable bonds is 12. The van der Waals surface area contributed by atoms with Crippen molar-refractivity contribution in [2.24, 2.45) is 28.3 Å². The van der Waals surface area contributed by atoms with Crippen molar-refractivity contribution in [2.75, 3.05) is 13.6 Å². The van der Waals surface area contributed by atoms with Crippen LogP contribution in [0.2, 0.25) is 5.02 Å². The van der Waals surface area contributed by atoms with Crippen LogP contribution in [0.25, 0.3) is 0 Å². The van der Waals surface area contributed by atoms with Crippen molar-refractivity contribution in [1.82, 2.24) is 20.9 Å². The van der Waals surface area contributed by atoms with Gasteiger partial charge in [0.2, 0.25) is 23.5 Å². The van der Waals surface area contributed by atoms with Gasteiger partial charge in [-0.05, 0) is 48.6 Å². The smallest absolute Gasteiger partial charge is 0.289 e. The molecule has 12 heteroatoms. The van der Waals surface area contributed by atoms with Gasteiger partial charge in [-0.15, -0.1) is 0 Å². The van der Waals surface area contributed by atoms with Gasteiger partial charge in [0.25, 0.3) is 5.91 Å². The quantitative estimate of drug-likeness (QED) is 0.293. The summed E-state index contributed by atoms with van der Waals surface area (Å²) in [5.41, 5.74) is -0.272. The molecule has 1 saturated carbocycles. The van der Waals surface area contributed by atoms with Crippen molar-refractivity contribution < 1.29 is 28.8 Å². The van der Waals surface area contributed by atoms with Gasteiger partial charge >= 0.3 is 0 Å². The van der Waals surface area contributed by atoms with E-state index in [0.29, 0.717) is 35.4 Å². The molecule has 6 atom stereocenters. The lowest BCUT2D eigenvalue weighted by molar-refractivity contribution is -0.145. The van der Waals surface area contributed by atoms with Crippen LogP contribution in [0.15, 0.2) is 29.4 Å². The molecule has 4 amide bonds. The lowest BCUT2D eigenvalue weighted by Crippen LogP contribution is -2.59. The van der Waals surface area contributed by atoms with Gasteiger partial charge in [-0.3, -0.25) is 24.0 Å². The maximum absolute atomic E-state index is 14.5. The van der Waals surface area contributed by atoms with E-state index in [0.717, 1.165) is 18.4 Å². The third-order valence-corrected chi connectivity index (χ3v) is 9.31. The summed E-state index contributed by atoms with van der Waals surface area (Å²) in [5, 5.41) is 13.0. The van der Waals surface area contributed by atoms with Crippen molar-refractivity contribution >= 4 is 46.7 Å². The van der Waals surface area contributed by atoms with E-state index in [4.69, 9.17) is 16.4 Å². The summed E-state index contributed by atoms with van der Waals surface area (Å²) in [7, 11) is 1.36. The first-order valence-electron chi connectivity index (χ1n) is 16.3. The zero-order valence-electron chi connectivity index (χ0n) is 27.9. The fourth-order valence-corrected chi connectivity index (χ4v) is 6.75. The van der Waals surface area contributed by atoms with Crippen LogP contribution >= 0.6 is 11.6 Å². The molecule has 2 fully saturated rings.